The number of anilines is 1. The SMILES string of the molecule is COc1cc(OC)nc(N(C)CC2CC(N)C2)n1. The second kappa shape index (κ2) is 5.39. The second-order valence-corrected chi connectivity index (χ2v) is 4.73. The molecule has 1 aromatic rings. The van der Waals surface area contributed by atoms with Gasteiger partial charge in [0, 0.05) is 19.6 Å². The Kier molecular flexibility index (Phi) is 3.86. The van der Waals surface area contributed by atoms with Gasteiger partial charge in [-0.15, -0.1) is 0 Å². The first-order valence-corrected chi connectivity index (χ1v) is 6.06. The molecule has 0 radical (unpaired) electrons. The van der Waals surface area contributed by atoms with Crippen LogP contribution in [-0.4, -0.2) is 43.8 Å². The van der Waals surface area contributed by atoms with E-state index in [1.165, 1.54) is 0 Å². The van der Waals surface area contributed by atoms with Crippen LogP contribution in [0.1, 0.15) is 12.8 Å². The zero-order valence-corrected chi connectivity index (χ0v) is 11.1. The third-order valence-electron chi connectivity index (χ3n) is 3.23. The van der Waals surface area contributed by atoms with Crippen LogP contribution in [-0.2, 0) is 0 Å². The van der Waals surface area contributed by atoms with Gasteiger partial charge in [-0.3, -0.25) is 0 Å². The number of nitrogens with two attached hydrogens (primary N) is 1. The molecule has 1 aliphatic rings. The highest BCUT2D eigenvalue weighted by Crippen LogP contribution is 2.27. The highest BCUT2D eigenvalue weighted by molar-refractivity contribution is 5.36. The molecule has 6 heteroatoms. The van der Waals surface area contributed by atoms with E-state index in [9.17, 15) is 0 Å². The predicted molar refractivity (Wildman–Crippen MR) is 69.1 cm³/mol. The first-order chi connectivity index (χ1) is 8.62. The van der Waals surface area contributed by atoms with Crippen LogP contribution < -0.4 is 20.1 Å². The minimum atomic E-state index is 0.365. The number of rotatable bonds is 5. The Hall–Kier alpha value is -1.56. The lowest BCUT2D eigenvalue weighted by atomic mass is 9.81. The summed E-state index contributed by atoms with van der Waals surface area (Å²) in [5.74, 6) is 2.26. The van der Waals surface area contributed by atoms with Crippen LogP contribution in [0.15, 0.2) is 6.07 Å². The summed E-state index contributed by atoms with van der Waals surface area (Å²) in [7, 11) is 5.13. The highest BCUT2D eigenvalue weighted by atomic mass is 16.5. The molecular weight excluding hydrogens is 232 g/mol. The third-order valence-corrected chi connectivity index (χ3v) is 3.23. The zero-order valence-electron chi connectivity index (χ0n) is 11.1. The number of nitrogens with zero attached hydrogens (tertiary/aromatic N) is 3. The van der Waals surface area contributed by atoms with Gasteiger partial charge in [-0.2, -0.15) is 9.97 Å². The molecule has 1 heterocycles. The maximum atomic E-state index is 5.78. The van der Waals surface area contributed by atoms with Crippen LogP contribution >= 0.6 is 0 Å². The molecule has 2 rings (SSSR count). The van der Waals surface area contributed by atoms with Gasteiger partial charge in [0.2, 0.25) is 17.7 Å². The van der Waals surface area contributed by atoms with E-state index in [4.69, 9.17) is 15.2 Å². The lowest BCUT2D eigenvalue weighted by Crippen LogP contribution is -2.42. The van der Waals surface area contributed by atoms with Crippen LogP contribution in [0.3, 0.4) is 0 Å². The van der Waals surface area contributed by atoms with E-state index >= 15 is 0 Å². The summed E-state index contributed by atoms with van der Waals surface area (Å²) in [6, 6.07) is 2.03. The predicted octanol–water partition coefficient (Wildman–Crippen LogP) is 0.667. The lowest BCUT2D eigenvalue weighted by Gasteiger charge is -2.35. The molecule has 0 unspecified atom stereocenters. The Balaban J connectivity index is 2.06. The van der Waals surface area contributed by atoms with Crippen molar-refractivity contribution >= 4 is 5.95 Å². The van der Waals surface area contributed by atoms with Crippen molar-refractivity contribution in [3.63, 3.8) is 0 Å². The molecular formula is C12H20N4O2. The van der Waals surface area contributed by atoms with Crippen molar-refractivity contribution in [2.75, 3.05) is 32.7 Å². The maximum Gasteiger partial charge on any atom is 0.231 e. The topological polar surface area (TPSA) is 73.5 Å². The van der Waals surface area contributed by atoms with Crippen molar-refractivity contribution in [1.82, 2.24) is 9.97 Å². The summed E-state index contributed by atoms with van der Waals surface area (Å²) in [6.45, 7) is 0.907. The summed E-state index contributed by atoms with van der Waals surface area (Å²) in [5.41, 5.74) is 5.78. The molecule has 1 saturated carbocycles. The van der Waals surface area contributed by atoms with Crippen LogP contribution in [0.25, 0.3) is 0 Å². The van der Waals surface area contributed by atoms with Crippen LogP contribution in [0.4, 0.5) is 5.95 Å². The van der Waals surface area contributed by atoms with Crippen molar-refractivity contribution in [2.45, 2.75) is 18.9 Å². The number of hydrogen-bond acceptors (Lipinski definition) is 6. The van der Waals surface area contributed by atoms with Crippen LogP contribution in [0, 0.1) is 5.92 Å². The molecule has 0 aliphatic heterocycles. The van der Waals surface area contributed by atoms with E-state index in [1.54, 1.807) is 20.3 Å². The van der Waals surface area contributed by atoms with Crippen molar-refractivity contribution in [3.05, 3.63) is 6.07 Å². The van der Waals surface area contributed by atoms with Crippen molar-refractivity contribution in [3.8, 4) is 11.8 Å². The van der Waals surface area contributed by atoms with Gasteiger partial charge in [0.1, 0.15) is 0 Å². The van der Waals surface area contributed by atoms with E-state index in [-0.39, 0.29) is 0 Å². The number of ether oxygens (including phenoxy) is 2. The molecule has 100 valence electrons. The minimum absolute atomic E-state index is 0.365. The van der Waals surface area contributed by atoms with Crippen molar-refractivity contribution in [2.24, 2.45) is 11.7 Å². The first-order valence-electron chi connectivity index (χ1n) is 6.06. The highest BCUT2D eigenvalue weighted by Gasteiger charge is 2.27. The molecule has 0 atom stereocenters. The van der Waals surface area contributed by atoms with Gasteiger partial charge in [-0.1, -0.05) is 0 Å². The molecule has 0 amide bonds. The van der Waals surface area contributed by atoms with Gasteiger partial charge < -0.3 is 20.1 Å². The van der Waals surface area contributed by atoms with E-state index in [0.29, 0.717) is 29.7 Å². The lowest BCUT2D eigenvalue weighted by molar-refractivity contribution is 0.270. The Labute approximate surface area is 107 Å². The fourth-order valence-electron chi connectivity index (χ4n) is 2.18. The number of aromatic nitrogens is 2. The summed E-state index contributed by atoms with van der Waals surface area (Å²) in [4.78, 5) is 10.6. The normalized spacial score (nSPS) is 22.2. The Morgan fingerprint density at radius 1 is 1.28 bits per heavy atom. The second-order valence-electron chi connectivity index (χ2n) is 4.73. The molecule has 0 aromatic carbocycles. The smallest absolute Gasteiger partial charge is 0.231 e. The van der Waals surface area contributed by atoms with Crippen molar-refractivity contribution < 1.29 is 9.47 Å². The van der Waals surface area contributed by atoms with Gasteiger partial charge in [0.15, 0.2) is 0 Å². The zero-order chi connectivity index (χ0) is 13.1. The molecule has 0 spiro atoms. The standard InChI is InChI=1S/C12H20N4O2/c1-16(7-8-4-9(13)5-8)12-14-10(17-2)6-11(15-12)18-3/h6,8-9H,4-5,7,13H2,1-3H3. The average Bonchev–Trinajstić information content (AvgIpc) is 2.36. The van der Waals surface area contributed by atoms with E-state index in [1.807, 2.05) is 11.9 Å². The summed E-state index contributed by atoms with van der Waals surface area (Å²) in [6.07, 6.45) is 2.15. The molecule has 1 aromatic heterocycles. The van der Waals surface area contributed by atoms with Gasteiger partial charge in [-0.25, -0.2) is 0 Å². The quantitative estimate of drug-likeness (QED) is 0.830. The monoisotopic (exact) mass is 252 g/mol. The molecule has 6 nitrogen and oxygen atoms in total. The van der Waals surface area contributed by atoms with Gasteiger partial charge in [0.25, 0.3) is 0 Å². The maximum absolute atomic E-state index is 5.78. The Morgan fingerprint density at radius 2 is 1.83 bits per heavy atom. The van der Waals surface area contributed by atoms with E-state index < -0.39 is 0 Å². The minimum Gasteiger partial charge on any atom is -0.481 e. The molecule has 0 bridgehead atoms. The summed E-state index contributed by atoms with van der Waals surface area (Å²) < 4.78 is 10.3. The fraction of sp³-hybridized carbons (Fsp3) is 0.667. The van der Waals surface area contributed by atoms with Gasteiger partial charge in [-0.05, 0) is 18.8 Å². The summed E-state index contributed by atoms with van der Waals surface area (Å²) in [5, 5.41) is 0. The van der Waals surface area contributed by atoms with Crippen LogP contribution in [0.5, 0.6) is 11.8 Å². The fourth-order valence-corrected chi connectivity index (χ4v) is 2.18. The van der Waals surface area contributed by atoms with Crippen LogP contribution in [0.2, 0.25) is 0 Å². The van der Waals surface area contributed by atoms with Gasteiger partial charge in [0.05, 0.1) is 20.3 Å². The van der Waals surface area contributed by atoms with Gasteiger partial charge >= 0.3 is 0 Å². The van der Waals surface area contributed by atoms with E-state index in [2.05, 4.69) is 9.97 Å². The van der Waals surface area contributed by atoms with E-state index in [0.717, 1.165) is 19.4 Å². The number of methoxy groups -OCH3 is 2. The molecule has 2 N–H and O–H groups in total. The molecule has 1 fully saturated rings. The number of hydrogen-bond donors (Lipinski definition) is 1. The average molecular weight is 252 g/mol. The molecule has 0 saturated heterocycles. The molecule has 1 aliphatic carbocycles. The largest absolute Gasteiger partial charge is 0.481 e. The molecule has 18 heavy (non-hydrogen) atoms. The Morgan fingerprint density at radius 3 is 2.28 bits per heavy atom. The Bertz CT molecular complexity index is 385. The van der Waals surface area contributed by atoms with Crippen molar-refractivity contribution in [1.29, 1.82) is 0 Å². The third kappa shape index (κ3) is 2.81. The summed E-state index contributed by atoms with van der Waals surface area (Å²) >= 11 is 0. The first kappa shape index (κ1) is 12.9.